The number of rotatable bonds is 8. The van der Waals surface area contributed by atoms with Gasteiger partial charge in [-0.25, -0.2) is 4.79 Å². The Morgan fingerprint density at radius 1 is 1.00 bits per heavy atom. The number of phenolic OH excluding ortho intramolecular Hbond substituents is 1. The Morgan fingerprint density at radius 3 is 2.38 bits per heavy atom. The topological polar surface area (TPSA) is 143 Å². The lowest BCUT2D eigenvalue weighted by molar-refractivity contribution is -0.142. The molecular formula is C41H45N5O6. The molecular weight excluding hydrogens is 658 g/mol. The van der Waals surface area contributed by atoms with Crippen molar-refractivity contribution >= 4 is 29.4 Å². The summed E-state index contributed by atoms with van der Waals surface area (Å²) < 4.78 is 7.12. The summed E-state index contributed by atoms with van der Waals surface area (Å²) in [6.45, 7) is 9.00. The molecule has 3 N–H and O–H groups in total. The lowest BCUT2D eigenvalue weighted by atomic mass is 9.97. The maximum atomic E-state index is 14.1. The van der Waals surface area contributed by atoms with E-state index in [1.165, 1.54) is 6.92 Å². The summed E-state index contributed by atoms with van der Waals surface area (Å²) in [7, 11) is 1.80. The average Bonchev–Trinajstić information content (AvgIpc) is 3.47. The molecule has 0 saturated carbocycles. The second-order valence-corrected chi connectivity index (χ2v) is 14.1. The normalized spacial score (nSPS) is 14.8. The van der Waals surface area contributed by atoms with Gasteiger partial charge in [0.1, 0.15) is 29.1 Å². The third-order valence-electron chi connectivity index (χ3n) is 8.61. The predicted octanol–water partition coefficient (Wildman–Crippen LogP) is 6.16. The molecule has 1 aromatic heterocycles. The van der Waals surface area contributed by atoms with Gasteiger partial charge in [-0.3, -0.25) is 19.1 Å². The first-order valence-electron chi connectivity index (χ1n) is 17.3. The van der Waals surface area contributed by atoms with Gasteiger partial charge >= 0.3 is 6.09 Å². The number of aromatic hydroxyl groups is 1. The smallest absolute Gasteiger partial charge is 0.408 e. The fourth-order valence-electron chi connectivity index (χ4n) is 6.05. The number of ether oxygens (including phenoxy) is 1. The minimum Gasteiger partial charge on any atom is -0.507 e. The van der Waals surface area contributed by atoms with E-state index in [1.807, 2.05) is 19.1 Å². The molecule has 270 valence electrons. The highest BCUT2D eigenvalue weighted by Gasteiger charge is 2.37. The molecule has 4 aromatic rings. The summed E-state index contributed by atoms with van der Waals surface area (Å²) in [6, 6.07) is 17.6. The van der Waals surface area contributed by atoms with Crippen LogP contribution in [0.5, 0.6) is 5.75 Å². The molecule has 1 saturated heterocycles. The van der Waals surface area contributed by atoms with E-state index in [0.717, 1.165) is 24.0 Å². The standard InChI is InChI=1S/C41H45N5O6/c1-26-10-21-36(48)33(23-26)37-31(25-45(6)44-37)18-11-28-14-19-32(20-15-28)42-38(49)35-9-7-8-22-46(35)39(50)34(43-40(51)52-41(3,4)5)24-29-12-16-30(17-13-29)27(2)47/h10,12-17,19-21,23,25,34-35,48H,7-9,22,24H2,1-6H3,(H,42,49)(H,43,51). The summed E-state index contributed by atoms with van der Waals surface area (Å²) in [5, 5.41) is 20.6. The van der Waals surface area contributed by atoms with Gasteiger partial charge in [0.05, 0.1) is 5.56 Å². The number of anilines is 1. The largest absolute Gasteiger partial charge is 0.507 e. The van der Waals surface area contributed by atoms with Crippen LogP contribution >= 0.6 is 0 Å². The molecule has 3 aromatic carbocycles. The quantitative estimate of drug-likeness (QED) is 0.147. The van der Waals surface area contributed by atoms with Crippen LogP contribution in [0.3, 0.4) is 0 Å². The number of carbonyl (C=O) groups excluding carboxylic acids is 4. The van der Waals surface area contributed by atoms with Crippen molar-refractivity contribution in [3.8, 4) is 28.8 Å². The van der Waals surface area contributed by atoms with E-state index < -0.39 is 23.8 Å². The predicted molar refractivity (Wildman–Crippen MR) is 199 cm³/mol. The monoisotopic (exact) mass is 703 g/mol. The zero-order valence-corrected chi connectivity index (χ0v) is 30.4. The first kappa shape index (κ1) is 37.4. The third-order valence-corrected chi connectivity index (χ3v) is 8.61. The highest BCUT2D eigenvalue weighted by Crippen LogP contribution is 2.31. The number of nitrogens with zero attached hydrogens (tertiary/aromatic N) is 3. The molecule has 0 aliphatic carbocycles. The van der Waals surface area contributed by atoms with E-state index in [2.05, 4.69) is 27.6 Å². The number of aromatic nitrogens is 2. The molecule has 2 heterocycles. The van der Waals surface area contributed by atoms with Gasteiger partial charge < -0.3 is 25.4 Å². The lowest BCUT2D eigenvalue weighted by Gasteiger charge is -2.37. The summed E-state index contributed by atoms with van der Waals surface area (Å²) in [5.74, 6) is 5.64. The number of ketones is 1. The van der Waals surface area contributed by atoms with Crippen molar-refractivity contribution in [1.29, 1.82) is 0 Å². The van der Waals surface area contributed by atoms with Crippen molar-refractivity contribution in [2.45, 2.75) is 78.0 Å². The summed E-state index contributed by atoms with van der Waals surface area (Å²) in [4.78, 5) is 54.0. The van der Waals surface area contributed by atoms with Crippen LogP contribution in [0.25, 0.3) is 11.3 Å². The summed E-state index contributed by atoms with van der Waals surface area (Å²) >= 11 is 0. The van der Waals surface area contributed by atoms with Crippen molar-refractivity contribution in [2.24, 2.45) is 7.05 Å². The van der Waals surface area contributed by atoms with E-state index in [0.29, 0.717) is 46.6 Å². The maximum absolute atomic E-state index is 14.1. The lowest BCUT2D eigenvalue weighted by Crippen LogP contribution is -2.57. The minimum absolute atomic E-state index is 0.0742. The second-order valence-electron chi connectivity index (χ2n) is 14.1. The van der Waals surface area contributed by atoms with E-state index in [4.69, 9.17) is 4.74 Å². The van der Waals surface area contributed by atoms with Crippen molar-refractivity contribution < 1.29 is 29.0 Å². The summed E-state index contributed by atoms with van der Waals surface area (Å²) in [5.41, 5.74) is 4.62. The number of phenols is 1. The minimum atomic E-state index is -1.00. The van der Waals surface area contributed by atoms with Gasteiger partial charge in [-0.15, -0.1) is 0 Å². The SMILES string of the molecule is CC(=O)c1ccc(CC(NC(=O)OC(C)(C)C)C(=O)N2CCCCC2C(=O)Nc2ccc(C#Cc3cn(C)nc3-c3cc(C)ccc3O)cc2)cc1. The number of carbonyl (C=O) groups is 4. The van der Waals surface area contributed by atoms with Gasteiger partial charge in [-0.2, -0.15) is 5.10 Å². The molecule has 2 unspecified atom stereocenters. The molecule has 1 aliphatic rings. The zero-order valence-electron chi connectivity index (χ0n) is 30.4. The van der Waals surface area contributed by atoms with Gasteiger partial charge in [0.25, 0.3) is 0 Å². The number of hydrogen-bond donors (Lipinski definition) is 3. The molecule has 0 spiro atoms. The number of alkyl carbamates (subject to hydrolysis) is 1. The van der Waals surface area contributed by atoms with Crippen LogP contribution in [0.1, 0.15) is 79.6 Å². The highest BCUT2D eigenvalue weighted by atomic mass is 16.6. The molecule has 3 amide bonds. The van der Waals surface area contributed by atoms with E-state index in [-0.39, 0.29) is 29.8 Å². The summed E-state index contributed by atoms with van der Waals surface area (Å²) in [6.07, 6.45) is 3.17. The molecule has 2 atom stereocenters. The van der Waals surface area contributed by atoms with Crippen LogP contribution in [0.4, 0.5) is 10.5 Å². The molecule has 0 bridgehead atoms. The van der Waals surface area contributed by atoms with E-state index >= 15 is 0 Å². The molecule has 5 rings (SSSR count). The van der Waals surface area contributed by atoms with Crippen LogP contribution in [0.2, 0.25) is 0 Å². The highest BCUT2D eigenvalue weighted by molar-refractivity contribution is 5.98. The van der Waals surface area contributed by atoms with Gasteiger partial charge in [0.2, 0.25) is 11.8 Å². The van der Waals surface area contributed by atoms with Gasteiger partial charge in [-0.1, -0.05) is 47.7 Å². The van der Waals surface area contributed by atoms with Gasteiger partial charge in [-0.05, 0) is 95.8 Å². The number of piperidine rings is 1. The van der Waals surface area contributed by atoms with Crippen molar-refractivity contribution in [1.82, 2.24) is 20.0 Å². The third kappa shape index (κ3) is 9.66. The number of hydrogen-bond acceptors (Lipinski definition) is 7. The van der Waals surface area contributed by atoms with Gasteiger partial charge in [0, 0.05) is 48.6 Å². The fourth-order valence-corrected chi connectivity index (χ4v) is 6.05. The first-order chi connectivity index (χ1) is 24.7. The van der Waals surface area contributed by atoms with Crippen LogP contribution in [-0.2, 0) is 27.8 Å². The number of nitrogens with one attached hydrogen (secondary N) is 2. The van der Waals surface area contributed by atoms with Crippen LogP contribution in [-0.4, -0.2) is 67.7 Å². The number of likely N-dealkylation sites (tertiary alicyclic amines) is 1. The van der Waals surface area contributed by atoms with E-state index in [1.54, 1.807) is 98.2 Å². The van der Waals surface area contributed by atoms with Crippen molar-refractivity contribution in [3.05, 3.63) is 101 Å². The number of Topliss-reactive ketones (excluding diaryl/α,β-unsaturated/α-hetero) is 1. The number of benzene rings is 3. The van der Waals surface area contributed by atoms with Crippen LogP contribution < -0.4 is 10.6 Å². The molecule has 1 aliphatic heterocycles. The fraction of sp³-hybridized carbons (Fsp3) is 0.341. The Morgan fingerprint density at radius 2 is 1.71 bits per heavy atom. The molecule has 0 radical (unpaired) electrons. The Kier molecular flexibility index (Phi) is 11.5. The van der Waals surface area contributed by atoms with Gasteiger partial charge in [0.15, 0.2) is 5.78 Å². The Bertz CT molecular complexity index is 2020. The Labute approximate surface area is 304 Å². The van der Waals surface area contributed by atoms with Crippen molar-refractivity contribution in [2.75, 3.05) is 11.9 Å². The zero-order chi connectivity index (χ0) is 37.6. The van der Waals surface area contributed by atoms with Crippen LogP contribution in [0.15, 0.2) is 72.9 Å². The molecule has 1 fully saturated rings. The van der Waals surface area contributed by atoms with Crippen molar-refractivity contribution in [3.63, 3.8) is 0 Å². The van der Waals surface area contributed by atoms with E-state index in [9.17, 15) is 24.3 Å². The molecule has 52 heavy (non-hydrogen) atoms. The Hall–Kier alpha value is -5.89. The first-order valence-corrected chi connectivity index (χ1v) is 17.3. The molecule has 11 nitrogen and oxygen atoms in total. The average molecular weight is 704 g/mol. The number of aryl methyl sites for hydroxylation is 2. The van der Waals surface area contributed by atoms with Crippen LogP contribution in [0, 0.1) is 18.8 Å². The number of amides is 3. The molecule has 11 heteroatoms. The second kappa shape index (κ2) is 16.0. The maximum Gasteiger partial charge on any atom is 0.408 e. The Balaban J connectivity index is 1.30.